The van der Waals surface area contributed by atoms with E-state index in [0.717, 1.165) is 148 Å². The molecule has 0 rings (SSSR count). The Morgan fingerprint density at radius 1 is 0.290 bits per heavy atom. The summed E-state index contributed by atoms with van der Waals surface area (Å²) < 4.78 is 68.3. The number of aliphatic hydroxyl groups excluding tert-OH is 1. The maximum absolute atomic E-state index is 13.1. The number of carbonyl (C=O) groups is 4. The van der Waals surface area contributed by atoms with E-state index in [1.165, 1.54) is 51.4 Å². The van der Waals surface area contributed by atoms with E-state index < -0.39 is 97.5 Å². The van der Waals surface area contributed by atoms with Gasteiger partial charge in [0.05, 0.1) is 26.4 Å². The quantitative estimate of drug-likeness (QED) is 0.0169. The molecule has 0 aromatic rings. The van der Waals surface area contributed by atoms with E-state index in [4.69, 9.17) is 37.0 Å². The number of allylic oxidation sites excluding steroid dienone is 24. The predicted molar refractivity (Wildman–Crippen MR) is 408 cm³/mol. The smallest absolute Gasteiger partial charge is 0.462 e. The Hall–Kier alpha value is -5.06. The molecule has 0 aliphatic rings. The summed E-state index contributed by atoms with van der Waals surface area (Å²) >= 11 is 0. The minimum absolute atomic E-state index is 0.0240. The second-order valence-corrected chi connectivity index (χ2v) is 27.7. The van der Waals surface area contributed by atoms with Crippen LogP contribution in [0.2, 0.25) is 0 Å². The Morgan fingerprint density at radius 2 is 0.550 bits per heavy atom. The van der Waals surface area contributed by atoms with Crippen LogP contribution in [0.4, 0.5) is 0 Å². The van der Waals surface area contributed by atoms with Crippen molar-refractivity contribution in [2.24, 2.45) is 0 Å². The highest BCUT2D eigenvalue weighted by atomic mass is 31.2. The number of unbranched alkanes of at least 4 members (excludes halogenated alkanes) is 20. The summed E-state index contributed by atoms with van der Waals surface area (Å²) in [5.41, 5.74) is 0. The third-order valence-electron chi connectivity index (χ3n) is 15.3. The van der Waals surface area contributed by atoms with Gasteiger partial charge in [-0.2, -0.15) is 0 Å². The van der Waals surface area contributed by atoms with Crippen LogP contribution in [0, 0.1) is 0 Å². The molecule has 3 N–H and O–H groups in total. The number of ether oxygens (including phenoxy) is 4. The van der Waals surface area contributed by atoms with E-state index >= 15 is 0 Å². The Morgan fingerprint density at radius 3 is 0.910 bits per heavy atom. The maximum atomic E-state index is 13.1. The van der Waals surface area contributed by atoms with Crippen LogP contribution in [0.1, 0.15) is 285 Å². The molecule has 0 aliphatic carbocycles. The van der Waals surface area contributed by atoms with Crippen LogP contribution in [-0.2, 0) is 65.4 Å². The molecule has 0 amide bonds. The first kappa shape index (κ1) is 94.9. The van der Waals surface area contributed by atoms with Gasteiger partial charge in [0.2, 0.25) is 0 Å². The molecule has 0 bridgehead atoms. The lowest BCUT2D eigenvalue weighted by Crippen LogP contribution is -2.30. The lowest BCUT2D eigenvalue weighted by Gasteiger charge is -2.21. The van der Waals surface area contributed by atoms with Gasteiger partial charge in [-0.1, -0.05) is 276 Å². The molecular formula is C81H134O17P2. The largest absolute Gasteiger partial charge is 0.472 e. The first-order chi connectivity index (χ1) is 48.7. The molecule has 5 unspecified atom stereocenters. The van der Waals surface area contributed by atoms with Gasteiger partial charge in [0.25, 0.3) is 0 Å². The minimum Gasteiger partial charge on any atom is -0.462 e. The zero-order valence-electron chi connectivity index (χ0n) is 62.1. The molecule has 0 radical (unpaired) electrons. The zero-order valence-corrected chi connectivity index (χ0v) is 63.9. The van der Waals surface area contributed by atoms with Crippen molar-refractivity contribution in [2.75, 3.05) is 39.6 Å². The number of esters is 4. The molecule has 0 fully saturated rings. The first-order valence-electron chi connectivity index (χ1n) is 38.1. The summed E-state index contributed by atoms with van der Waals surface area (Å²) in [5.74, 6) is -2.32. The maximum Gasteiger partial charge on any atom is 0.472 e. The van der Waals surface area contributed by atoms with Crippen LogP contribution >= 0.6 is 15.6 Å². The average Bonchev–Trinajstić information content (AvgIpc) is 1.06. The van der Waals surface area contributed by atoms with Crippen molar-refractivity contribution in [1.82, 2.24) is 0 Å². The number of hydrogen-bond acceptors (Lipinski definition) is 15. The van der Waals surface area contributed by atoms with Crippen LogP contribution in [0.5, 0.6) is 0 Å². The standard InChI is InChI=1S/C81H134O17P2/c1-5-9-13-17-21-25-29-31-33-35-37-39-41-43-47-50-54-58-62-66-79(84)92-72-77(98-81(86)68-64-60-56-52-48-44-42-40-38-36-34-32-30-26-22-18-14-10-6-2)74-96-100(89,90)94-70-75(82)69-93-99(87,88)95-73-76(97-80(85)67-63-59-55-51-46-28-24-20-16-12-8-4)71-91-78(83)65-61-57-53-49-45-27-23-19-15-11-7-3/h9-10,13-14,19,21-23,25-26,31-34,37-40,43-44,47-48,54,58,75-77,82H,5-8,11-12,15-18,20,24,27-30,35-36,41-42,45-46,49-53,55-57,59-74H2,1-4H3,(H,87,88)(H,89,90)/b13-9-,14-10-,23-19-,25-21-,26-22-,33-31-,34-32-,39-37-,40-38-,47-43-,48-44-,58-54-. The van der Waals surface area contributed by atoms with Crippen molar-refractivity contribution in [3.63, 3.8) is 0 Å². The van der Waals surface area contributed by atoms with E-state index in [-0.39, 0.29) is 25.7 Å². The van der Waals surface area contributed by atoms with Gasteiger partial charge in [0.15, 0.2) is 12.2 Å². The second-order valence-electron chi connectivity index (χ2n) is 24.8. The van der Waals surface area contributed by atoms with Gasteiger partial charge in [0.1, 0.15) is 19.3 Å². The van der Waals surface area contributed by atoms with Crippen LogP contribution in [0.25, 0.3) is 0 Å². The number of aliphatic hydroxyl groups is 1. The molecule has 0 heterocycles. The first-order valence-corrected chi connectivity index (χ1v) is 41.1. The number of phosphoric acid groups is 2. The summed E-state index contributed by atoms with van der Waals surface area (Å²) in [6.07, 6.45) is 81.5. The van der Waals surface area contributed by atoms with Gasteiger partial charge in [-0.25, -0.2) is 9.13 Å². The molecule has 0 aliphatic heterocycles. The summed E-state index contributed by atoms with van der Waals surface area (Å²) in [6, 6.07) is 0. The highest BCUT2D eigenvalue weighted by Gasteiger charge is 2.30. The molecule has 19 heteroatoms. The van der Waals surface area contributed by atoms with Crippen LogP contribution in [0.3, 0.4) is 0 Å². The van der Waals surface area contributed by atoms with E-state index in [9.17, 15) is 43.2 Å². The third-order valence-corrected chi connectivity index (χ3v) is 17.2. The van der Waals surface area contributed by atoms with Crippen molar-refractivity contribution in [3.8, 4) is 0 Å². The molecule has 0 spiro atoms. The van der Waals surface area contributed by atoms with Gasteiger partial charge in [-0.15, -0.1) is 0 Å². The van der Waals surface area contributed by atoms with Gasteiger partial charge in [-0.3, -0.25) is 37.3 Å². The SMILES string of the molecule is CC/C=C\C/C=C\C/C=C\C/C=C\C/C=C\C/C=C\CCC(=O)OCC(COP(=O)(O)OCC(O)COP(=O)(O)OCC(COC(=O)CCCCCCC/C=C\CCCC)OC(=O)CCCCCCCCCCCCC)OC(=O)CCCCC/C=C\C/C=C\C/C=C\C/C=C\C/C=C\CC. The normalized spacial score (nSPS) is 14.8. The second kappa shape index (κ2) is 72.3. The third kappa shape index (κ3) is 71.3. The van der Waals surface area contributed by atoms with Crippen LogP contribution in [-0.4, -0.2) is 96.7 Å². The van der Waals surface area contributed by atoms with Crippen molar-refractivity contribution in [3.05, 3.63) is 146 Å². The van der Waals surface area contributed by atoms with Crippen molar-refractivity contribution in [2.45, 2.75) is 303 Å². The Kier molecular flexibility index (Phi) is 68.6. The molecule has 5 atom stereocenters. The summed E-state index contributed by atoms with van der Waals surface area (Å²) in [5, 5.41) is 10.6. The Bertz CT molecular complexity index is 2470. The van der Waals surface area contributed by atoms with Gasteiger partial charge in [-0.05, 0) is 128 Å². The molecule has 0 saturated carbocycles. The molecule has 0 aromatic carbocycles. The lowest BCUT2D eigenvalue weighted by atomic mass is 10.1. The number of phosphoric ester groups is 2. The van der Waals surface area contributed by atoms with E-state index in [1.807, 2.05) is 18.2 Å². The van der Waals surface area contributed by atoms with Crippen molar-refractivity contribution in [1.29, 1.82) is 0 Å². The van der Waals surface area contributed by atoms with E-state index in [2.05, 4.69) is 155 Å². The summed E-state index contributed by atoms with van der Waals surface area (Å²) in [4.78, 5) is 72.7. The minimum atomic E-state index is -5.00. The number of rotatable bonds is 70. The Balaban J connectivity index is 5.45. The lowest BCUT2D eigenvalue weighted by molar-refractivity contribution is -0.161. The van der Waals surface area contributed by atoms with Gasteiger partial charge in [0, 0.05) is 25.7 Å². The average molecular weight is 1440 g/mol. The molecule has 570 valence electrons. The van der Waals surface area contributed by atoms with Crippen LogP contribution < -0.4 is 0 Å². The predicted octanol–water partition coefficient (Wildman–Crippen LogP) is 21.9. The van der Waals surface area contributed by atoms with Gasteiger partial charge >= 0.3 is 39.5 Å². The summed E-state index contributed by atoms with van der Waals surface area (Å²) in [6.45, 7) is 4.45. The van der Waals surface area contributed by atoms with Crippen molar-refractivity contribution >= 4 is 39.5 Å². The fourth-order valence-corrected chi connectivity index (χ4v) is 11.1. The molecular weight excluding hydrogens is 1310 g/mol. The fourth-order valence-electron chi connectivity index (χ4n) is 9.55. The Labute approximate surface area is 605 Å². The monoisotopic (exact) mass is 1440 g/mol. The summed E-state index contributed by atoms with van der Waals surface area (Å²) in [7, 11) is -9.98. The van der Waals surface area contributed by atoms with Crippen molar-refractivity contribution < 1.29 is 80.2 Å². The zero-order chi connectivity index (χ0) is 73.2. The molecule has 17 nitrogen and oxygen atoms in total. The molecule has 0 aromatic heterocycles. The highest BCUT2D eigenvalue weighted by molar-refractivity contribution is 7.47. The van der Waals surface area contributed by atoms with Gasteiger partial charge < -0.3 is 33.8 Å². The highest BCUT2D eigenvalue weighted by Crippen LogP contribution is 2.45. The van der Waals surface area contributed by atoms with Crippen LogP contribution in [0.15, 0.2) is 146 Å². The fraction of sp³-hybridized carbons (Fsp3) is 0.654. The van der Waals surface area contributed by atoms with E-state index in [1.54, 1.807) is 0 Å². The number of hydrogen-bond donors (Lipinski definition) is 3. The topological polar surface area (TPSA) is 237 Å². The molecule has 0 saturated heterocycles. The molecule has 100 heavy (non-hydrogen) atoms. The number of carbonyl (C=O) groups excluding carboxylic acids is 4. The van der Waals surface area contributed by atoms with E-state index in [0.29, 0.717) is 32.1 Å².